The molecule has 4 aromatic rings. The SMILES string of the molecule is Cc1ccc2nc(-c3ccc(N4C(=O)CC(NCCc5cccc(Cl)c5)C4=O)cc3)sc2c1. The number of anilines is 1. The molecule has 1 unspecified atom stereocenters. The van der Waals surface area contributed by atoms with Gasteiger partial charge in [-0.05, 0) is 79.5 Å². The van der Waals surface area contributed by atoms with E-state index in [-0.39, 0.29) is 18.2 Å². The fraction of sp³-hybridized carbons (Fsp3) is 0.192. The highest BCUT2D eigenvalue weighted by atomic mass is 35.5. The van der Waals surface area contributed by atoms with E-state index in [9.17, 15) is 9.59 Å². The van der Waals surface area contributed by atoms with Crippen LogP contribution in [0.2, 0.25) is 5.02 Å². The van der Waals surface area contributed by atoms with Crippen LogP contribution in [-0.2, 0) is 16.0 Å². The average Bonchev–Trinajstić information content (AvgIpc) is 3.34. The van der Waals surface area contributed by atoms with Crippen LogP contribution in [0.4, 0.5) is 5.69 Å². The van der Waals surface area contributed by atoms with Crippen molar-refractivity contribution in [1.82, 2.24) is 10.3 Å². The number of halogens is 1. The highest BCUT2D eigenvalue weighted by Crippen LogP contribution is 2.32. The largest absolute Gasteiger partial charge is 0.305 e. The number of hydrogen-bond acceptors (Lipinski definition) is 5. The third-order valence-electron chi connectivity index (χ3n) is 5.76. The molecule has 33 heavy (non-hydrogen) atoms. The number of nitrogens with one attached hydrogen (secondary N) is 1. The lowest BCUT2D eigenvalue weighted by Gasteiger charge is -2.16. The van der Waals surface area contributed by atoms with E-state index in [1.54, 1.807) is 11.3 Å². The Balaban J connectivity index is 1.26. The molecule has 7 heteroatoms. The summed E-state index contributed by atoms with van der Waals surface area (Å²) in [5.74, 6) is -0.405. The first kappa shape index (κ1) is 21.8. The number of aryl methyl sites for hydroxylation is 1. The van der Waals surface area contributed by atoms with E-state index < -0.39 is 6.04 Å². The minimum atomic E-state index is -0.510. The number of imide groups is 1. The van der Waals surface area contributed by atoms with E-state index in [0.717, 1.165) is 32.8 Å². The Labute approximate surface area is 201 Å². The highest BCUT2D eigenvalue weighted by molar-refractivity contribution is 7.21. The lowest BCUT2D eigenvalue weighted by molar-refractivity contribution is -0.121. The second-order valence-electron chi connectivity index (χ2n) is 8.20. The van der Waals surface area contributed by atoms with Gasteiger partial charge in [0, 0.05) is 10.6 Å². The molecular weight excluding hydrogens is 454 g/mol. The van der Waals surface area contributed by atoms with Crippen molar-refractivity contribution in [2.45, 2.75) is 25.8 Å². The van der Waals surface area contributed by atoms with Gasteiger partial charge >= 0.3 is 0 Å². The lowest BCUT2D eigenvalue weighted by atomic mass is 10.1. The summed E-state index contributed by atoms with van der Waals surface area (Å²) >= 11 is 7.66. The molecule has 1 aliphatic heterocycles. The topological polar surface area (TPSA) is 62.3 Å². The van der Waals surface area contributed by atoms with E-state index >= 15 is 0 Å². The molecular formula is C26H22ClN3O2S. The Morgan fingerprint density at radius 1 is 1.09 bits per heavy atom. The minimum absolute atomic E-state index is 0.160. The van der Waals surface area contributed by atoms with Crippen molar-refractivity contribution in [3.8, 4) is 10.6 Å². The molecule has 1 aliphatic rings. The summed E-state index contributed by atoms with van der Waals surface area (Å²) in [5, 5.41) is 4.83. The predicted octanol–water partition coefficient (Wildman–Crippen LogP) is 5.39. The number of amides is 2. The van der Waals surface area contributed by atoms with Gasteiger partial charge in [0.1, 0.15) is 5.01 Å². The maximum Gasteiger partial charge on any atom is 0.251 e. The van der Waals surface area contributed by atoms with Crippen LogP contribution in [0.5, 0.6) is 0 Å². The first-order valence-corrected chi connectivity index (χ1v) is 12.0. The molecule has 5 rings (SSSR count). The van der Waals surface area contributed by atoms with Crippen molar-refractivity contribution in [3.63, 3.8) is 0 Å². The maximum absolute atomic E-state index is 12.9. The van der Waals surface area contributed by atoms with E-state index in [1.807, 2.05) is 54.6 Å². The first-order valence-electron chi connectivity index (χ1n) is 10.8. The molecule has 0 saturated carbocycles. The molecule has 2 heterocycles. The van der Waals surface area contributed by atoms with Gasteiger partial charge in [-0.1, -0.05) is 29.8 Å². The molecule has 1 N–H and O–H groups in total. The van der Waals surface area contributed by atoms with Crippen LogP contribution in [0, 0.1) is 6.92 Å². The molecule has 0 bridgehead atoms. The smallest absolute Gasteiger partial charge is 0.251 e. The maximum atomic E-state index is 12.9. The Morgan fingerprint density at radius 3 is 2.70 bits per heavy atom. The van der Waals surface area contributed by atoms with Crippen LogP contribution in [0.1, 0.15) is 17.5 Å². The normalized spacial score (nSPS) is 16.2. The lowest BCUT2D eigenvalue weighted by Crippen LogP contribution is -2.39. The minimum Gasteiger partial charge on any atom is -0.305 e. The van der Waals surface area contributed by atoms with Crippen molar-refractivity contribution < 1.29 is 9.59 Å². The third-order valence-corrected chi connectivity index (χ3v) is 7.06. The summed E-state index contributed by atoms with van der Waals surface area (Å²) < 4.78 is 1.14. The molecule has 1 aromatic heterocycles. The van der Waals surface area contributed by atoms with Crippen molar-refractivity contribution >= 4 is 50.7 Å². The van der Waals surface area contributed by atoms with E-state index in [1.165, 1.54) is 10.5 Å². The molecule has 5 nitrogen and oxygen atoms in total. The molecule has 0 spiro atoms. The van der Waals surface area contributed by atoms with Crippen LogP contribution < -0.4 is 10.2 Å². The molecule has 3 aromatic carbocycles. The van der Waals surface area contributed by atoms with Gasteiger partial charge in [0.2, 0.25) is 5.91 Å². The van der Waals surface area contributed by atoms with Gasteiger partial charge in [0.15, 0.2) is 0 Å². The number of carbonyl (C=O) groups is 2. The predicted molar refractivity (Wildman–Crippen MR) is 134 cm³/mol. The van der Waals surface area contributed by atoms with Crippen molar-refractivity contribution in [3.05, 3.63) is 82.9 Å². The molecule has 166 valence electrons. The molecule has 1 saturated heterocycles. The van der Waals surface area contributed by atoms with E-state index in [4.69, 9.17) is 16.6 Å². The fourth-order valence-electron chi connectivity index (χ4n) is 4.05. The summed E-state index contributed by atoms with van der Waals surface area (Å²) in [6, 6.07) is 20.8. The number of carbonyl (C=O) groups excluding carboxylic acids is 2. The molecule has 0 radical (unpaired) electrons. The molecule has 2 amide bonds. The standard InChI is InChI=1S/C26H22ClN3O2S/c1-16-5-10-21-23(13-16)33-25(29-21)18-6-8-20(9-7-18)30-24(31)15-22(26(30)32)28-12-11-17-3-2-4-19(27)14-17/h2-10,13-14,22,28H,11-12,15H2,1H3. The van der Waals surface area contributed by atoms with E-state index in [0.29, 0.717) is 17.3 Å². The Hall–Kier alpha value is -3.06. The van der Waals surface area contributed by atoms with Crippen LogP contribution >= 0.6 is 22.9 Å². The van der Waals surface area contributed by atoms with Gasteiger partial charge in [-0.3, -0.25) is 9.59 Å². The highest BCUT2D eigenvalue weighted by Gasteiger charge is 2.39. The van der Waals surface area contributed by atoms with Gasteiger partial charge in [-0.15, -0.1) is 11.3 Å². The van der Waals surface area contributed by atoms with E-state index in [2.05, 4.69) is 24.4 Å². The zero-order chi connectivity index (χ0) is 22.9. The fourth-order valence-corrected chi connectivity index (χ4v) is 5.34. The summed E-state index contributed by atoms with van der Waals surface area (Å²) in [6.45, 7) is 2.66. The first-order chi connectivity index (χ1) is 16.0. The number of hydrogen-bond donors (Lipinski definition) is 1. The number of rotatable bonds is 6. The summed E-state index contributed by atoms with van der Waals surface area (Å²) in [6.07, 6.45) is 0.891. The number of nitrogens with zero attached hydrogens (tertiary/aromatic N) is 2. The summed E-state index contributed by atoms with van der Waals surface area (Å²) in [7, 11) is 0. The molecule has 0 aliphatic carbocycles. The number of thiazole rings is 1. The number of fused-ring (bicyclic) bond motifs is 1. The van der Waals surface area contributed by atoms with Crippen molar-refractivity contribution in [2.75, 3.05) is 11.4 Å². The van der Waals surface area contributed by atoms with Gasteiger partial charge in [-0.2, -0.15) is 0 Å². The van der Waals surface area contributed by atoms with Crippen LogP contribution in [0.15, 0.2) is 66.7 Å². The van der Waals surface area contributed by atoms with Crippen LogP contribution in [0.3, 0.4) is 0 Å². The van der Waals surface area contributed by atoms with Crippen LogP contribution in [-0.4, -0.2) is 29.4 Å². The second-order valence-corrected chi connectivity index (χ2v) is 9.66. The average molecular weight is 476 g/mol. The van der Waals surface area contributed by atoms with Gasteiger partial charge in [0.25, 0.3) is 5.91 Å². The summed E-state index contributed by atoms with van der Waals surface area (Å²) in [4.78, 5) is 31.5. The zero-order valence-electron chi connectivity index (χ0n) is 18.0. The quantitative estimate of drug-likeness (QED) is 0.380. The Morgan fingerprint density at radius 2 is 1.91 bits per heavy atom. The number of aromatic nitrogens is 1. The van der Waals surface area contributed by atoms with Crippen molar-refractivity contribution in [1.29, 1.82) is 0 Å². The molecule has 1 fully saturated rings. The van der Waals surface area contributed by atoms with Crippen LogP contribution in [0.25, 0.3) is 20.8 Å². The Kier molecular flexibility index (Phi) is 5.98. The molecule has 1 atom stereocenters. The third kappa shape index (κ3) is 4.55. The Bertz CT molecular complexity index is 1350. The number of benzene rings is 3. The monoisotopic (exact) mass is 475 g/mol. The second kappa shape index (κ2) is 9.06. The zero-order valence-corrected chi connectivity index (χ0v) is 19.6. The van der Waals surface area contributed by atoms with Gasteiger partial charge < -0.3 is 5.32 Å². The van der Waals surface area contributed by atoms with Crippen molar-refractivity contribution in [2.24, 2.45) is 0 Å². The van der Waals surface area contributed by atoms with Gasteiger partial charge in [-0.25, -0.2) is 9.88 Å². The van der Waals surface area contributed by atoms with Gasteiger partial charge in [0.05, 0.1) is 28.4 Å². The summed E-state index contributed by atoms with van der Waals surface area (Å²) in [5.41, 5.74) is 4.82.